The van der Waals surface area contributed by atoms with E-state index >= 15 is 0 Å². The average molecular weight is 286 g/mol. The molecule has 0 radical (unpaired) electrons. The zero-order valence-corrected chi connectivity index (χ0v) is 10.6. The van der Waals surface area contributed by atoms with E-state index in [0.717, 1.165) is 16.1 Å². The third-order valence-electron chi connectivity index (χ3n) is 2.30. The molecule has 14 heavy (non-hydrogen) atoms. The first-order valence-electron chi connectivity index (χ1n) is 4.53. The maximum Gasteiger partial charge on any atom is 0.0963 e. The number of halogens is 1. The van der Waals surface area contributed by atoms with Crippen LogP contribution in [0.5, 0.6) is 0 Å². The molecule has 1 fully saturated rings. The van der Waals surface area contributed by atoms with Crippen LogP contribution >= 0.6 is 38.6 Å². The van der Waals surface area contributed by atoms with Crippen LogP contribution in [0.15, 0.2) is 21.3 Å². The van der Waals surface area contributed by atoms with Gasteiger partial charge in [-0.2, -0.15) is 0 Å². The summed E-state index contributed by atoms with van der Waals surface area (Å²) in [5, 5.41) is 5.58. The van der Waals surface area contributed by atoms with Crippen LogP contribution in [-0.4, -0.2) is 4.98 Å². The van der Waals surface area contributed by atoms with Crippen molar-refractivity contribution < 1.29 is 0 Å². The third kappa shape index (κ3) is 1.55. The van der Waals surface area contributed by atoms with Crippen molar-refractivity contribution in [2.45, 2.75) is 18.8 Å². The van der Waals surface area contributed by atoms with Crippen LogP contribution in [0.4, 0.5) is 0 Å². The van der Waals surface area contributed by atoms with Gasteiger partial charge in [-0.05, 0) is 40.2 Å². The Morgan fingerprint density at radius 3 is 2.86 bits per heavy atom. The van der Waals surface area contributed by atoms with Gasteiger partial charge in [0.2, 0.25) is 0 Å². The predicted octanol–water partition coefficient (Wildman–Crippen LogP) is 4.51. The maximum atomic E-state index is 4.67. The molecule has 0 aliphatic heterocycles. The number of thiazole rings is 1. The lowest BCUT2D eigenvalue weighted by atomic mass is 10.4. The number of nitrogens with zero attached hydrogens (tertiary/aromatic N) is 1. The van der Waals surface area contributed by atoms with E-state index in [-0.39, 0.29) is 0 Å². The molecule has 1 aliphatic rings. The smallest absolute Gasteiger partial charge is 0.0963 e. The molecule has 1 nitrogen and oxygen atoms in total. The lowest BCUT2D eigenvalue weighted by Gasteiger charge is -1.91. The Bertz CT molecular complexity index is 456. The molecule has 0 amide bonds. The zero-order chi connectivity index (χ0) is 9.54. The highest BCUT2D eigenvalue weighted by molar-refractivity contribution is 9.10. The van der Waals surface area contributed by atoms with E-state index in [1.807, 2.05) is 0 Å². The standard InChI is InChI=1S/C10H8BrNS2/c11-7-3-4-13-9(7)8-5-14-10(12-8)6-1-2-6/h3-6H,1-2H2. The fraction of sp³-hybridized carbons (Fsp3) is 0.300. The molecule has 1 saturated carbocycles. The monoisotopic (exact) mass is 285 g/mol. The Morgan fingerprint density at radius 2 is 2.21 bits per heavy atom. The van der Waals surface area contributed by atoms with Crippen LogP contribution in [-0.2, 0) is 0 Å². The van der Waals surface area contributed by atoms with E-state index < -0.39 is 0 Å². The van der Waals surface area contributed by atoms with E-state index in [1.54, 1.807) is 22.7 Å². The topological polar surface area (TPSA) is 12.9 Å². The second-order valence-corrected chi connectivity index (χ2v) is 6.10. The lowest BCUT2D eigenvalue weighted by Crippen LogP contribution is -1.77. The normalized spacial score (nSPS) is 16.1. The third-order valence-corrected chi connectivity index (χ3v) is 5.17. The summed E-state index contributed by atoms with van der Waals surface area (Å²) in [6.07, 6.45) is 2.66. The molecule has 0 unspecified atom stereocenters. The van der Waals surface area contributed by atoms with Gasteiger partial charge in [-0.15, -0.1) is 22.7 Å². The molecule has 0 spiro atoms. The van der Waals surface area contributed by atoms with Crippen molar-refractivity contribution in [2.75, 3.05) is 0 Å². The lowest BCUT2D eigenvalue weighted by molar-refractivity contribution is 1.09. The van der Waals surface area contributed by atoms with Crippen LogP contribution in [0.25, 0.3) is 10.6 Å². The molecule has 1 aliphatic carbocycles. The van der Waals surface area contributed by atoms with Crippen molar-refractivity contribution >= 4 is 38.6 Å². The van der Waals surface area contributed by atoms with E-state index in [9.17, 15) is 0 Å². The van der Waals surface area contributed by atoms with Crippen LogP contribution in [0.2, 0.25) is 0 Å². The number of hydrogen-bond donors (Lipinski definition) is 0. The molecule has 4 heteroatoms. The van der Waals surface area contributed by atoms with Crippen LogP contribution < -0.4 is 0 Å². The molecule has 72 valence electrons. The summed E-state index contributed by atoms with van der Waals surface area (Å²) in [5.41, 5.74) is 1.14. The maximum absolute atomic E-state index is 4.67. The van der Waals surface area contributed by atoms with Gasteiger partial charge in [-0.3, -0.25) is 0 Å². The van der Waals surface area contributed by atoms with Gasteiger partial charge in [-0.1, -0.05) is 0 Å². The molecule has 0 saturated heterocycles. The molecule has 0 bridgehead atoms. The first-order valence-corrected chi connectivity index (χ1v) is 7.08. The van der Waals surface area contributed by atoms with Crippen molar-refractivity contribution in [1.82, 2.24) is 4.98 Å². The molecule has 3 rings (SSSR count). The SMILES string of the molecule is Brc1ccsc1-c1csc(C2CC2)n1. The summed E-state index contributed by atoms with van der Waals surface area (Å²) < 4.78 is 1.16. The Hall–Kier alpha value is -0.190. The van der Waals surface area contributed by atoms with Crippen LogP contribution in [0.1, 0.15) is 23.8 Å². The minimum atomic E-state index is 0.771. The minimum Gasteiger partial charge on any atom is -0.240 e. The quantitative estimate of drug-likeness (QED) is 0.791. The molecule has 2 heterocycles. The summed E-state index contributed by atoms with van der Waals surface area (Å²) in [7, 11) is 0. The fourth-order valence-corrected chi connectivity index (χ4v) is 3.98. The van der Waals surface area contributed by atoms with Crippen LogP contribution in [0.3, 0.4) is 0 Å². The first kappa shape index (κ1) is 9.07. The highest BCUT2D eigenvalue weighted by Crippen LogP contribution is 2.43. The van der Waals surface area contributed by atoms with Gasteiger partial charge in [0.1, 0.15) is 0 Å². The summed E-state index contributed by atoms with van der Waals surface area (Å²) in [6.45, 7) is 0. The van der Waals surface area contributed by atoms with Crippen molar-refractivity contribution in [3.63, 3.8) is 0 Å². The minimum absolute atomic E-state index is 0.771. The summed E-state index contributed by atoms with van der Waals surface area (Å²) >= 11 is 7.09. The Labute approximate surface area is 98.9 Å². The molecular formula is C10H8BrNS2. The fourth-order valence-electron chi connectivity index (χ4n) is 1.39. The Kier molecular flexibility index (Phi) is 2.22. The van der Waals surface area contributed by atoms with E-state index in [1.165, 1.54) is 22.7 Å². The van der Waals surface area contributed by atoms with Gasteiger partial charge < -0.3 is 0 Å². The average Bonchev–Trinajstić information content (AvgIpc) is 2.75. The van der Waals surface area contributed by atoms with E-state index in [2.05, 4.69) is 37.7 Å². The number of thiophene rings is 1. The summed E-state index contributed by atoms with van der Waals surface area (Å²) in [6, 6.07) is 2.08. The second-order valence-electron chi connectivity index (χ2n) is 3.44. The van der Waals surface area contributed by atoms with Crippen molar-refractivity contribution in [3.05, 3.63) is 26.3 Å². The van der Waals surface area contributed by atoms with Crippen molar-refractivity contribution in [1.29, 1.82) is 0 Å². The molecule has 0 aromatic carbocycles. The van der Waals surface area contributed by atoms with Gasteiger partial charge in [-0.25, -0.2) is 4.98 Å². The van der Waals surface area contributed by atoms with E-state index in [4.69, 9.17) is 0 Å². The predicted molar refractivity (Wildman–Crippen MR) is 65.1 cm³/mol. The number of rotatable bonds is 2. The first-order chi connectivity index (χ1) is 6.84. The summed E-state index contributed by atoms with van der Waals surface area (Å²) in [4.78, 5) is 5.93. The Balaban J connectivity index is 1.99. The number of hydrogen-bond acceptors (Lipinski definition) is 3. The molecule has 2 aromatic heterocycles. The van der Waals surface area contributed by atoms with E-state index in [0.29, 0.717) is 0 Å². The highest BCUT2D eigenvalue weighted by atomic mass is 79.9. The Morgan fingerprint density at radius 1 is 1.36 bits per heavy atom. The molecular weight excluding hydrogens is 278 g/mol. The number of aromatic nitrogens is 1. The van der Waals surface area contributed by atoms with Gasteiger partial charge in [0, 0.05) is 15.8 Å². The largest absolute Gasteiger partial charge is 0.240 e. The molecule has 0 atom stereocenters. The van der Waals surface area contributed by atoms with Crippen molar-refractivity contribution in [3.8, 4) is 10.6 Å². The van der Waals surface area contributed by atoms with Crippen molar-refractivity contribution in [2.24, 2.45) is 0 Å². The molecule has 2 aromatic rings. The molecule has 0 N–H and O–H groups in total. The van der Waals surface area contributed by atoms with Gasteiger partial charge >= 0.3 is 0 Å². The second kappa shape index (κ2) is 3.43. The van der Waals surface area contributed by atoms with Gasteiger partial charge in [0.25, 0.3) is 0 Å². The van der Waals surface area contributed by atoms with Gasteiger partial charge in [0.05, 0.1) is 15.6 Å². The summed E-state index contributed by atoms with van der Waals surface area (Å²) in [5.74, 6) is 0.771. The van der Waals surface area contributed by atoms with Gasteiger partial charge in [0.15, 0.2) is 0 Å². The zero-order valence-electron chi connectivity index (χ0n) is 7.37. The highest BCUT2D eigenvalue weighted by Gasteiger charge is 2.27. The van der Waals surface area contributed by atoms with Crippen LogP contribution in [0, 0.1) is 0 Å².